The third kappa shape index (κ3) is 4.52. The molecule has 3 aromatic rings. The van der Waals surface area contributed by atoms with Gasteiger partial charge in [0.05, 0.1) is 5.54 Å². The van der Waals surface area contributed by atoms with E-state index in [-0.39, 0.29) is 11.8 Å². The van der Waals surface area contributed by atoms with Gasteiger partial charge in [0.15, 0.2) is 0 Å². The number of benzene rings is 3. The van der Waals surface area contributed by atoms with Gasteiger partial charge in [0, 0.05) is 44.0 Å². The lowest BCUT2D eigenvalue weighted by molar-refractivity contribution is -0.121. The number of rotatable bonds is 5. The molecule has 3 aromatic carbocycles. The van der Waals surface area contributed by atoms with E-state index in [1.54, 1.807) is 6.92 Å². The van der Waals surface area contributed by atoms with Crippen molar-refractivity contribution in [2.75, 3.05) is 25.0 Å². The molecule has 32 heavy (non-hydrogen) atoms. The summed E-state index contributed by atoms with van der Waals surface area (Å²) < 4.78 is 0. The minimum Gasteiger partial charge on any atom is -0.347 e. The first-order chi connectivity index (χ1) is 15.5. The smallest absolute Gasteiger partial charge is 0.253 e. The van der Waals surface area contributed by atoms with E-state index in [9.17, 15) is 9.59 Å². The third-order valence-electron chi connectivity index (χ3n) is 6.29. The fraction of sp³-hybridized carbons (Fsp3) is 0.259. The predicted molar refractivity (Wildman–Crippen MR) is 128 cm³/mol. The van der Waals surface area contributed by atoms with Gasteiger partial charge in [0.2, 0.25) is 5.91 Å². The monoisotopic (exact) mass is 427 g/mol. The summed E-state index contributed by atoms with van der Waals surface area (Å²) in [6, 6.07) is 27.9. The topological polar surface area (TPSA) is 52.7 Å². The summed E-state index contributed by atoms with van der Waals surface area (Å²) in [6.07, 6.45) is 1.38. The summed E-state index contributed by atoms with van der Waals surface area (Å²) in [6.45, 7) is 2.75. The molecule has 164 valence electrons. The second kappa shape index (κ2) is 9.27. The summed E-state index contributed by atoms with van der Waals surface area (Å²) >= 11 is 0. The normalized spacial score (nSPS) is 15.1. The highest BCUT2D eigenvalue weighted by atomic mass is 16.2. The molecule has 1 aliphatic heterocycles. The van der Waals surface area contributed by atoms with Gasteiger partial charge in [-0.1, -0.05) is 48.5 Å². The van der Waals surface area contributed by atoms with E-state index < -0.39 is 5.54 Å². The van der Waals surface area contributed by atoms with Gasteiger partial charge in [0.1, 0.15) is 0 Å². The molecule has 1 saturated heterocycles. The summed E-state index contributed by atoms with van der Waals surface area (Å²) in [5.41, 5.74) is 3.47. The molecule has 0 radical (unpaired) electrons. The SMILES string of the molecule is CC(=O)NC1(c2ccccc2)CCN(C(=O)c2ccc(N(C)c3ccccc3)cc2)CC1. The number of likely N-dealkylation sites (tertiary alicyclic amines) is 1. The molecule has 1 fully saturated rings. The molecule has 0 saturated carbocycles. The van der Waals surface area contributed by atoms with Crippen molar-refractivity contribution in [3.05, 3.63) is 96.1 Å². The number of carbonyl (C=O) groups excluding carboxylic acids is 2. The number of piperidine rings is 1. The van der Waals surface area contributed by atoms with Crippen LogP contribution in [0.4, 0.5) is 11.4 Å². The Bertz CT molecular complexity index is 1060. The highest BCUT2D eigenvalue weighted by molar-refractivity contribution is 5.94. The Morgan fingerprint density at radius 3 is 1.91 bits per heavy atom. The Hall–Kier alpha value is -3.60. The average molecular weight is 428 g/mol. The number of para-hydroxylation sites is 1. The fourth-order valence-electron chi connectivity index (χ4n) is 4.48. The summed E-state index contributed by atoms with van der Waals surface area (Å²) in [5, 5.41) is 3.16. The largest absolute Gasteiger partial charge is 0.347 e. The van der Waals surface area contributed by atoms with Crippen LogP contribution >= 0.6 is 0 Å². The van der Waals surface area contributed by atoms with E-state index in [2.05, 4.69) is 34.5 Å². The zero-order chi connectivity index (χ0) is 22.6. The number of hydrogen-bond acceptors (Lipinski definition) is 3. The second-order valence-corrected chi connectivity index (χ2v) is 8.36. The van der Waals surface area contributed by atoms with Crippen LogP contribution in [0.1, 0.15) is 35.7 Å². The van der Waals surface area contributed by atoms with Gasteiger partial charge in [0.25, 0.3) is 5.91 Å². The second-order valence-electron chi connectivity index (χ2n) is 8.36. The molecular formula is C27H29N3O2. The lowest BCUT2D eigenvalue weighted by atomic mass is 9.80. The maximum atomic E-state index is 13.1. The average Bonchev–Trinajstić information content (AvgIpc) is 2.84. The Labute approximate surface area is 189 Å². The van der Waals surface area contributed by atoms with Gasteiger partial charge < -0.3 is 15.1 Å². The molecule has 1 heterocycles. The van der Waals surface area contributed by atoms with Crippen molar-refractivity contribution in [2.45, 2.75) is 25.3 Å². The van der Waals surface area contributed by atoms with Gasteiger partial charge >= 0.3 is 0 Å². The van der Waals surface area contributed by atoms with E-state index in [0.717, 1.165) is 16.9 Å². The number of nitrogens with zero attached hydrogens (tertiary/aromatic N) is 2. The molecule has 2 amide bonds. The number of nitrogens with one attached hydrogen (secondary N) is 1. The zero-order valence-corrected chi connectivity index (χ0v) is 18.6. The van der Waals surface area contributed by atoms with E-state index in [1.165, 1.54) is 0 Å². The number of anilines is 2. The first-order valence-corrected chi connectivity index (χ1v) is 11.0. The predicted octanol–water partition coefficient (Wildman–Crippen LogP) is 4.72. The van der Waals surface area contributed by atoms with Crippen LogP contribution < -0.4 is 10.2 Å². The van der Waals surface area contributed by atoms with Crippen LogP contribution in [0, 0.1) is 0 Å². The fourth-order valence-corrected chi connectivity index (χ4v) is 4.48. The third-order valence-corrected chi connectivity index (χ3v) is 6.29. The molecule has 1 aliphatic rings. The lowest BCUT2D eigenvalue weighted by Crippen LogP contribution is -2.53. The van der Waals surface area contributed by atoms with Gasteiger partial charge in [-0.25, -0.2) is 0 Å². The first-order valence-electron chi connectivity index (χ1n) is 11.0. The van der Waals surface area contributed by atoms with Crippen molar-refractivity contribution >= 4 is 23.2 Å². The number of hydrogen-bond donors (Lipinski definition) is 1. The quantitative estimate of drug-likeness (QED) is 0.641. The minimum absolute atomic E-state index is 0.0309. The molecule has 0 aromatic heterocycles. The standard InChI is InChI=1S/C27H29N3O2/c1-21(31)28-27(23-9-5-3-6-10-23)17-19-30(20-18-27)26(32)22-13-15-25(16-14-22)29(2)24-11-7-4-8-12-24/h3-16H,17-20H2,1-2H3,(H,28,31). The molecule has 5 heteroatoms. The van der Waals surface area contributed by atoms with E-state index in [4.69, 9.17) is 0 Å². The van der Waals surface area contributed by atoms with Crippen LogP contribution in [0.3, 0.4) is 0 Å². The van der Waals surface area contributed by atoms with Gasteiger partial charge in [-0.3, -0.25) is 9.59 Å². The van der Waals surface area contributed by atoms with Crippen LogP contribution in [0.5, 0.6) is 0 Å². The van der Waals surface area contributed by atoms with Gasteiger partial charge in [-0.05, 0) is 54.8 Å². The van der Waals surface area contributed by atoms with Crippen molar-refractivity contribution in [2.24, 2.45) is 0 Å². The summed E-state index contributed by atoms with van der Waals surface area (Å²) in [4.78, 5) is 29.0. The van der Waals surface area contributed by atoms with Crippen molar-refractivity contribution < 1.29 is 9.59 Å². The Morgan fingerprint density at radius 1 is 0.812 bits per heavy atom. The van der Waals surface area contributed by atoms with Gasteiger partial charge in [-0.2, -0.15) is 0 Å². The number of amides is 2. The van der Waals surface area contributed by atoms with Crippen LogP contribution in [0.15, 0.2) is 84.9 Å². The van der Waals surface area contributed by atoms with Crippen molar-refractivity contribution in [1.82, 2.24) is 10.2 Å². The van der Waals surface area contributed by atoms with Crippen LogP contribution in [0.25, 0.3) is 0 Å². The summed E-state index contributed by atoms with van der Waals surface area (Å²) in [7, 11) is 2.02. The zero-order valence-electron chi connectivity index (χ0n) is 18.6. The van der Waals surface area contributed by atoms with Crippen LogP contribution in [0.2, 0.25) is 0 Å². The van der Waals surface area contributed by atoms with Crippen LogP contribution in [-0.4, -0.2) is 36.9 Å². The maximum Gasteiger partial charge on any atom is 0.253 e. The molecular weight excluding hydrogens is 398 g/mol. The van der Waals surface area contributed by atoms with Gasteiger partial charge in [-0.15, -0.1) is 0 Å². The minimum atomic E-state index is -0.424. The highest BCUT2D eigenvalue weighted by Gasteiger charge is 2.38. The molecule has 0 aliphatic carbocycles. The van der Waals surface area contributed by atoms with E-state index in [1.807, 2.05) is 72.6 Å². The molecule has 1 N–H and O–H groups in total. The Morgan fingerprint density at radius 2 is 1.34 bits per heavy atom. The molecule has 0 spiro atoms. The molecule has 0 bridgehead atoms. The molecule has 0 atom stereocenters. The van der Waals surface area contributed by atoms with E-state index in [0.29, 0.717) is 31.5 Å². The molecule has 5 nitrogen and oxygen atoms in total. The maximum absolute atomic E-state index is 13.1. The molecule has 4 rings (SSSR count). The van der Waals surface area contributed by atoms with Crippen LogP contribution in [-0.2, 0) is 10.3 Å². The van der Waals surface area contributed by atoms with Crippen molar-refractivity contribution in [3.8, 4) is 0 Å². The van der Waals surface area contributed by atoms with Crippen molar-refractivity contribution in [1.29, 1.82) is 0 Å². The lowest BCUT2D eigenvalue weighted by Gasteiger charge is -2.42. The summed E-state index contributed by atoms with van der Waals surface area (Å²) in [5.74, 6) is -0.0184. The number of carbonyl (C=O) groups is 2. The highest BCUT2D eigenvalue weighted by Crippen LogP contribution is 2.33. The van der Waals surface area contributed by atoms with Crippen molar-refractivity contribution in [3.63, 3.8) is 0 Å². The molecule has 0 unspecified atom stereocenters. The Kier molecular flexibility index (Phi) is 6.26. The Balaban J connectivity index is 1.45. The first kappa shape index (κ1) is 21.6. The van der Waals surface area contributed by atoms with E-state index >= 15 is 0 Å².